The van der Waals surface area contributed by atoms with Gasteiger partial charge in [-0.05, 0) is 36.8 Å². The topological polar surface area (TPSA) is 75.4 Å². The van der Waals surface area contributed by atoms with Crippen molar-refractivity contribution in [1.82, 2.24) is 0 Å². The Labute approximate surface area is 125 Å². The molecule has 0 heterocycles. The number of anilines is 1. The Bertz CT molecular complexity index is 707. The van der Waals surface area contributed by atoms with E-state index in [9.17, 15) is 19.6 Å². The molecule has 2 aromatic carbocycles. The maximum absolute atomic E-state index is 13.1. The lowest BCUT2D eigenvalue weighted by molar-refractivity contribution is -0.384. The van der Waals surface area contributed by atoms with Crippen LogP contribution in [0.3, 0.4) is 0 Å². The van der Waals surface area contributed by atoms with Gasteiger partial charge >= 0.3 is 0 Å². The van der Waals surface area contributed by atoms with Gasteiger partial charge in [-0.25, -0.2) is 4.39 Å². The average molecular weight is 311 g/mol. The first-order valence-corrected chi connectivity index (χ1v) is 6.42. The van der Waals surface area contributed by atoms with Gasteiger partial charge in [-0.1, -0.05) is 11.6 Å². The number of rotatable bonds is 4. The molecule has 0 bridgehead atoms. The van der Waals surface area contributed by atoms with Crippen molar-refractivity contribution in [3.8, 4) is 5.75 Å². The van der Waals surface area contributed by atoms with Gasteiger partial charge in [0.1, 0.15) is 16.6 Å². The SMILES string of the molecule is Cc1cc([N+](=O)[O-])c(Cl)cc1NCc1cc(F)ccc1O. The Balaban J connectivity index is 2.22. The number of aryl methyl sites for hydroxylation is 1. The first-order chi connectivity index (χ1) is 9.88. The molecular weight excluding hydrogens is 299 g/mol. The molecule has 0 atom stereocenters. The van der Waals surface area contributed by atoms with Gasteiger partial charge in [-0.2, -0.15) is 0 Å². The summed E-state index contributed by atoms with van der Waals surface area (Å²) in [5.41, 5.74) is 1.41. The van der Waals surface area contributed by atoms with E-state index in [1.54, 1.807) is 6.92 Å². The van der Waals surface area contributed by atoms with Crippen molar-refractivity contribution < 1.29 is 14.4 Å². The third-order valence-corrected chi connectivity index (χ3v) is 3.30. The van der Waals surface area contributed by atoms with Gasteiger partial charge in [0.15, 0.2) is 0 Å². The fourth-order valence-corrected chi connectivity index (χ4v) is 2.12. The third kappa shape index (κ3) is 3.41. The zero-order chi connectivity index (χ0) is 15.6. The largest absolute Gasteiger partial charge is 0.508 e. The molecule has 0 saturated carbocycles. The van der Waals surface area contributed by atoms with E-state index >= 15 is 0 Å². The molecule has 2 N–H and O–H groups in total. The second kappa shape index (κ2) is 5.97. The Morgan fingerprint density at radius 2 is 2.10 bits per heavy atom. The number of benzene rings is 2. The predicted octanol–water partition coefficient (Wildman–Crippen LogP) is 4.01. The van der Waals surface area contributed by atoms with Crippen LogP contribution < -0.4 is 5.32 Å². The summed E-state index contributed by atoms with van der Waals surface area (Å²) in [4.78, 5) is 10.2. The van der Waals surface area contributed by atoms with Gasteiger partial charge in [0.05, 0.1) is 4.92 Å². The van der Waals surface area contributed by atoms with E-state index in [4.69, 9.17) is 11.6 Å². The van der Waals surface area contributed by atoms with Gasteiger partial charge in [0.2, 0.25) is 0 Å². The Hall–Kier alpha value is -2.34. The first-order valence-electron chi connectivity index (χ1n) is 6.04. The van der Waals surface area contributed by atoms with Crippen LogP contribution in [0.2, 0.25) is 5.02 Å². The fourth-order valence-electron chi connectivity index (χ4n) is 1.88. The summed E-state index contributed by atoms with van der Waals surface area (Å²) in [6, 6.07) is 6.43. The minimum absolute atomic E-state index is 0.0107. The highest BCUT2D eigenvalue weighted by molar-refractivity contribution is 6.33. The predicted molar refractivity (Wildman–Crippen MR) is 78.2 cm³/mol. The van der Waals surface area contributed by atoms with Crippen LogP contribution in [0.5, 0.6) is 5.75 Å². The highest BCUT2D eigenvalue weighted by Crippen LogP contribution is 2.31. The zero-order valence-corrected chi connectivity index (χ0v) is 11.8. The van der Waals surface area contributed by atoms with Crippen molar-refractivity contribution in [3.63, 3.8) is 0 Å². The van der Waals surface area contributed by atoms with Gasteiger partial charge in [0.25, 0.3) is 5.69 Å². The lowest BCUT2D eigenvalue weighted by atomic mass is 10.1. The number of nitro benzene ring substituents is 1. The van der Waals surface area contributed by atoms with E-state index in [2.05, 4.69) is 5.32 Å². The molecule has 0 unspecified atom stereocenters. The minimum Gasteiger partial charge on any atom is -0.508 e. The molecular formula is C14H12ClFN2O3. The summed E-state index contributed by atoms with van der Waals surface area (Å²) in [5, 5.41) is 23.4. The molecule has 110 valence electrons. The number of nitrogens with zero attached hydrogens (tertiary/aromatic N) is 1. The first kappa shape index (κ1) is 15.1. The van der Waals surface area contributed by atoms with Gasteiger partial charge in [0, 0.05) is 23.9 Å². The number of phenolic OH excluding ortho intramolecular Hbond substituents is 1. The highest BCUT2D eigenvalue weighted by Gasteiger charge is 2.15. The number of aromatic hydroxyl groups is 1. The summed E-state index contributed by atoms with van der Waals surface area (Å²) in [6.45, 7) is 1.86. The van der Waals surface area contributed by atoms with E-state index in [-0.39, 0.29) is 23.0 Å². The van der Waals surface area contributed by atoms with Crippen LogP contribution >= 0.6 is 11.6 Å². The van der Waals surface area contributed by atoms with Crippen molar-refractivity contribution in [3.05, 3.63) is 62.4 Å². The molecule has 0 saturated heterocycles. The Morgan fingerprint density at radius 1 is 1.38 bits per heavy atom. The number of hydrogen-bond donors (Lipinski definition) is 2. The molecule has 0 aliphatic rings. The molecule has 7 heteroatoms. The molecule has 0 aliphatic carbocycles. The fraction of sp³-hybridized carbons (Fsp3) is 0.143. The summed E-state index contributed by atoms with van der Waals surface area (Å²) in [6.07, 6.45) is 0. The van der Waals surface area contributed by atoms with E-state index in [1.165, 1.54) is 24.3 Å². The second-order valence-corrected chi connectivity index (χ2v) is 4.91. The van der Waals surface area contributed by atoms with Crippen LogP contribution in [0.4, 0.5) is 15.8 Å². The Morgan fingerprint density at radius 3 is 2.76 bits per heavy atom. The van der Waals surface area contributed by atoms with Crippen LogP contribution in [-0.4, -0.2) is 10.0 Å². The van der Waals surface area contributed by atoms with Crippen LogP contribution in [0, 0.1) is 22.9 Å². The standard InChI is InChI=1S/C14H12ClFN2O3/c1-8-4-13(18(20)21)11(15)6-12(8)17-7-9-5-10(16)2-3-14(9)19/h2-6,17,19H,7H2,1H3. The van der Waals surface area contributed by atoms with Crippen molar-refractivity contribution in [2.24, 2.45) is 0 Å². The third-order valence-electron chi connectivity index (χ3n) is 3.00. The molecule has 0 amide bonds. The Kier molecular flexibility index (Phi) is 4.28. The summed E-state index contributed by atoms with van der Waals surface area (Å²) in [5.74, 6) is -0.488. The molecule has 0 aliphatic heterocycles. The van der Waals surface area contributed by atoms with Crippen LogP contribution in [0.15, 0.2) is 30.3 Å². The van der Waals surface area contributed by atoms with Crippen LogP contribution in [0.25, 0.3) is 0 Å². The molecule has 0 radical (unpaired) electrons. The summed E-state index contributed by atoms with van der Waals surface area (Å²) < 4.78 is 13.1. The maximum atomic E-state index is 13.1. The number of phenols is 1. The van der Waals surface area contributed by atoms with Gasteiger partial charge in [-0.3, -0.25) is 10.1 Å². The lowest BCUT2D eigenvalue weighted by Gasteiger charge is -2.11. The molecule has 0 fully saturated rings. The average Bonchev–Trinajstić information content (AvgIpc) is 2.42. The lowest BCUT2D eigenvalue weighted by Crippen LogP contribution is -2.03. The summed E-state index contributed by atoms with van der Waals surface area (Å²) in [7, 11) is 0. The normalized spacial score (nSPS) is 10.4. The highest BCUT2D eigenvalue weighted by atomic mass is 35.5. The number of nitrogens with one attached hydrogen (secondary N) is 1. The van der Waals surface area contributed by atoms with Gasteiger partial charge < -0.3 is 10.4 Å². The molecule has 2 rings (SSSR count). The smallest absolute Gasteiger partial charge is 0.288 e. The van der Waals surface area contributed by atoms with Crippen molar-refractivity contribution >= 4 is 23.0 Å². The monoisotopic (exact) mass is 310 g/mol. The zero-order valence-electron chi connectivity index (χ0n) is 11.1. The van der Waals surface area contributed by atoms with E-state index < -0.39 is 10.7 Å². The number of nitro groups is 1. The van der Waals surface area contributed by atoms with Crippen molar-refractivity contribution in [2.75, 3.05) is 5.32 Å². The van der Waals surface area contributed by atoms with Gasteiger partial charge in [-0.15, -0.1) is 0 Å². The molecule has 21 heavy (non-hydrogen) atoms. The number of halogens is 2. The van der Waals surface area contributed by atoms with E-state index in [1.807, 2.05) is 0 Å². The van der Waals surface area contributed by atoms with Crippen LogP contribution in [0.1, 0.15) is 11.1 Å². The second-order valence-electron chi connectivity index (χ2n) is 4.50. The van der Waals surface area contributed by atoms with Crippen molar-refractivity contribution in [1.29, 1.82) is 0 Å². The van der Waals surface area contributed by atoms with E-state index in [0.717, 1.165) is 6.07 Å². The van der Waals surface area contributed by atoms with Crippen molar-refractivity contribution in [2.45, 2.75) is 13.5 Å². The minimum atomic E-state index is -0.558. The summed E-state index contributed by atoms with van der Waals surface area (Å²) >= 11 is 5.84. The molecule has 5 nitrogen and oxygen atoms in total. The van der Waals surface area contributed by atoms with E-state index in [0.29, 0.717) is 16.8 Å². The molecule has 0 spiro atoms. The maximum Gasteiger partial charge on any atom is 0.288 e. The molecule has 2 aromatic rings. The molecule has 0 aromatic heterocycles. The quantitative estimate of drug-likeness (QED) is 0.661. The van der Waals surface area contributed by atoms with Crippen LogP contribution in [-0.2, 0) is 6.54 Å². The number of hydrogen-bond acceptors (Lipinski definition) is 4.